The number of esters is 1. The summed E-state index contributed by atoms with van der Waals surface area (Å²) in [6.07, 6.45) is 23.1. The van der Waals surface area contributed by atoms with Crippen LogP contribution in [0.4, 0.5) is 0 Å². The summed E-state index contributed by atoms with van der Waals surface area (Å²) in [5.41, 5.74) is 4.88. The van der Waals surface area contributed by atoms with Crippen molar-refractivity contribution in [3.63, 3.8) is 0 Å². The van der Waals surface area contributed by atoms with Crippen LogP contribution in [0.25, 0.3) is 0 Å². The second-order valence-electron chi connectivity index (χ2n) is 19.4. The van der Waals surface area contributed by atoms with E-state index in [0.717, 1.165) is 79.5 Å². The molecule has 0 radical (unpaired) electrons. The number of hydrogen-bond acceptors (Lipinski definition) is 3. The number of rotatable bonds is 8. The molecule has 7 fully saturated rings. The normalized spacial score (nSPS) is 41.5. The minimum atomic E-state index is -0.173. The van der Waals surface area contributed by atoms with E-state index in [-0.39, 0.29) is 22.9 Å². The number of carbonyl (C=O) groups excluding carboxylic acids is 1. The molecule has 1 saturated heterocycles. The van der Waals surface area contributed by atoms with E-state index in [4.69, 9.17) is 9.47 Å². The molecular weight excluding hydrogens is 601 g/mol. The van der Waals surface area contributed by atoms with Gasteiger partial charge in [-0.1, -0.05) is 77.4 Å². The summed E-state index contributed by atoms with van der Waals surface area (Å²) in [5, 5.41) is 0. The third kappa shape index (κ3) is 5.97. The monoisotopic (exact) mass is 664 g/mol. The Hall–Kier alpha value is -2.05. The highest BCUT2D eigenvalue weighted by Gasteiger charge is 2.69. The average molecular weight is 665 g/mol. The van der Waals surface area contributed by atoms with Crippen molar-refractivity contribution in [2.24, 2.45) is 63.1 Å². The van der Waals surface area contributed by atoms with Gasteiger partial charge in [-0.15, -0.1) is 0 Å². The number of carbonyl (C=O) groups is 1. The molecule has 3 nitrogen and oxygen atoms in total. The standard InChI is InChI=1S/C46H64O3/c1-31(2)7-6-8-32(3)39-15-16-40-38-14-13-36-27-37(18-22-43(36,4)41(38)19-23-44(39,40)5)49-42(47)34-11-9-33(10-12-34)17-24-45-28-46(29-45,30-45)35-20-25-48-26-21-35/h9-13,31-32,35,37-41H,6-8,14-16,18-23,25-30H2,1-5H3/t32-,37+,38+,39?,40+,41+,43+,44-,45?,46?/m1/s1. The van der Waals surface area contributed by atoms with E-state index >= 15 is 0 Å². The van der Waals surface area contributed by atoms with Crippen LogP contribution in [-0.2, 0) is 9.47 Å². The SMILES string of the molecule is CC(C)CCC[C@@H](C)C1CC[C@H]2[C@@H]3CC=C4C[C@@H](OC(=O)c5ccc(C#CC67CC(C8CCOCC8)(C6)C7)cc5)CC[C@]4(C)[C@H]3CC[C@]12C. The van der Waals surface area contributed by atoms with Crippen LogP contribution in [0.3, 0.4) is 0 Å². The maximum absolute atomic E-state index is 13.3. The third-order valence-electron chi connectivity index (χ3n) is 16.3. The topological polar surface area (TPSA) is 35.5 Å². The third-order valence-corrected chi connectivity index (χ3v) is 16.3. The van der Waals surface area contributed by atoms with Crippen LogP contribution in [0, 0.1) is 74.9 Å². The lowest BCUT2D eigenvalue weighted by Gasteiger charge is -2.72. The zero-order valence-electron chi connectivity index (χ0n) is 31.5. The highest BCUT2D eigenvalue weighted by atomic mass is 16.5. The molecule has 1 aliphatic heterocycles. The Balaban J connectivity index is 0.850. The van der Waals surface area contributed by atoms with E-state index in [1.807, 2.05) is 24.3 Å². The number of allylic oxidation sites excluding steroid dienone is 1. The summed E-state index contributed by atoms with van der Waals surface area (Å²) < 4.78 is 11.8. The fraction of sp³-hybridized carbons (Fsp3) is 0.761. The summed E-state index contributed by atoms with van der Waals surface area (Å²) in [4.78, 5) is 13.3. The predicted molar refractivity (Wildman–Crippen MR) is 198 cm³/mol. The van der Waals surface area contributed by atoms with Gasteiger partial charge in [0.1, 0.15) is 6.10 Å². The first-order chi connectivity index (χ1) is 23.5. The minimum Gasteiger partial charge on any atom is -0.458 e. The van der Waals surface area contributed by atoms with E-state index in [2.05, 4.69) is 52.5 Å². The Morgan fingerprint density at radius 2 is 1.67 bits per heavy atom. The van der Waals surface area contributed by atoms with Crippen LogP contribution in [0.5, 0.6) is 0 Å². The van der Waals surface area contributed by atoms with E-state index in [0.29, 0.717) is 16.4 Å². The van der Waals surface area contributed by atoms with Gasteiger partial charge in [-0.05, 0) is 159 Å². The molecule has 9 rings (SSSR count). The zero-order valence-corrected chi connectivity index (χ0v) is 31.5. The lowest BCUT2D eigenvalue weighted by atomic mass is 9.32. The molecule has 49 heavy (non-hydrogen) atoms. The molecule has 2 bridgehead atoms. The summed E-state index contributed by atoms with van der Waals surface area (Å²) >= 11 is 0. The molecule has 1 aromatic carbocycles. The second-order valence-corrected chi connectivity index (χ2v) is 19.4. The lowest BCUT2D eigenvalue weighted by Crippen LogP contribution is -2.64. The summed E-state index contributed by atoms with van der Waals surface area (Å²) in [5.74, 6) is 12.9. The van der Waals surface area contributed by atoms with E-state index < -0.39 is 0 Å². The molecule has 1 unspecified atom stereocenters. The minimum absolute atomic E-state index is 0.00780. The van der Waals surface area contributed by atoms with Crippen molar-refractivity contribution in [3.05, 3.63) is 47.0 Å². The van der Waals surface area contributed by atoms with Crippen molar-refractivity contribution < 1.29 is 14.3 Å². The molecule has 0 amide bonds. The molecule has 3 heteroatoms. The van der Waals surface area contributed by atoms with E-state index in [1.165, 1.54) is 83.5 Å². The number of hydrogen-bond donors (Lipinski definition) is 0. The van der Waals surface area contributed by atoms with Gasteiger partial charge in [-0.2, -0.15) is 0 Å². The Morgan fingerprint density at radius 1 is 0.918 bits per heavy atom. The Labute approximate surface area is 298 Å². The fourth-order valence-corrected chi connectivity index (χ4v) is 13.6. The summed E-state index contributed by atoms with van der Waals surface area (Å²) in [7, 11) is 0. The number of benzene rings is 1. The smallest absolute Gasteiger partial charge is 0.338 e. The first-order valence-electron chi connectivity index (χ1n) is 20.6. The molecule has 7 aliphatic carbocycles. The highest BCUT2D eigenvalue weighted by molar-refractivity contribution is 5.89. The molecule has 6 saturated carbocycles. The first-order valence-corrected chi connectivity index (χ1v) is 20.6. The number of ether oxygens (including phenoxy) is 2. The lowest BCUT2D eigenvalue weighted by molar-refractivity contribution is -0.213. The van der Waals surface area contributed by atoms with Gasteiger partial charge in [0, 0.05) is 30.6 Å². The molecule has 8 aliphatic rings. The largest absolute Gasteiger partial charge is 0.458 e. The van der Waals surface area contributed by atoms with Crippen molar-refractivity contribution in [1.82, 2.24) is 0 Å². The zero-order chi connectivity index (χ0) is 34.0. The van der Waals surface area contributed by atoms with Crippen molar-refractivity contribution in [2.75, 3.05) is 13.2 Å². The van der Waals surface area contributed by atoms with Gasteiger partial charge in [0.2, 0.25) is 0 Å². The quantitative estimate of drug-likeness (QED) is 0.158. The predicted octanol–water partition coefficient (Wildman–Crippen LogP) is 11.2. The van der Waals surface area contributed by atoms with Crippen molar-refractivity contribution in [1.29, 1.82) is 0 Å². The van der Waals surface area contributed by atoms with Crippen molar-refractivity contribution in [2.45, 2.75) is 143 Å². The Morgan fingerprint density at radius 3 is 2.41 bits per heavy atom. The van der Waals surface area contributed by atoms with Gasteiger partial charge in [0.25, 0.3) is 0 Å². The molecule has 8 atom stereocenters. The van der Waals surface area contributed by atoms with Gasteiger partial charge >= 0.3 is 5.97 Å². The maximum atomic E-state index is 13.3. The number of fused-ring (bicyclic) bond motifs is 5. The fourth-order valence-electron chi connectivity index (χ4n) is 13.6. The first kappa shape index (κ1) is 34.1. The highest BCUT2D eigenvalue weighted by Crippen LogP contribution is 2.77. The van der Waals surface area contributed by atoms with E-state index in [1.54, 1.807) is 5.57 Å². The molecule has 0 N–H and O–H groups in total. The van der Waals surface area contributed by atoms with Gasteiger partial charge in [0.15, 0.2) is 0 Å². The maximum Gasteiger partial charge on any atom is 0.338 e. The molecular formula is C46H64O3. The molecule has 0 aromatic heterocycles. The van der Waals surface area contributed by atoms with Gasteiger partial charge in [0.05, 0.1) is 5.56 Å². The average Bonchev–Trinajstić information content (AvgIpc) is 3.41. The van der Waals surface area contributed by atoms with E-state index in [9.17, 15) is 4.79 Å². The van der Waals surface area contributed by atoms with Gasteiger partial charge in [-0.25, -0.2) is 4.79 Å². The summed E-state index contributed by atoms with van der Waals surface area (Å²) in [6.45, 7) is 14.5. The molecule has 1 aromatic rings. The molecule has 1 heterocycles. The van der Waals surface area contributed by atoms with Crippen molar-refractivity contribution in [3.8, 4) is 11.8 Å². The molecule has 266 valence electrons. The van der Waals surface area contributed by atoms with Crippen LogP contribution in [-0.4, -0.2) is 25.3 Å². The van der Waals surface area contributed by atoms with Crippen LogP contribution >= 0.6 is 0 Å². The molecule has 0 spiro atoms. The van der Waals surface area contributed by atoms with Crippen LogP contribution in [0.1, 0.15) is 153 Å². The van der Waals surface area contributed by atoms with Gasteiger partial charge < -0.3 is 9.47 Å². The second kappa shape index (κ2) is 12.9. The van der Waals surface area contributed by atoms with Crippen LogP contribution in [0.15, 0.2) is 35.9 Å². The van der Waals surface area contributed by atoms with Crippen LogP contribution in [0.2, 0.25) is 0 Å². The Kier molecular flexibility index (Phi) is 8.94. The van der Waals surface area contributed by atoms with Crippen molar-refractivity contribution >= 4 is 5.97 Å². The van der Waals surface area contributed by atoms with Gasteiger partial charge in [-0.3, -0.25) is 0 Å². The van der Waals surface area contributed by atoms with Crippen LogP contribution < -0.4 is 0 Å². The summed E-state index contributed by atoms with van der Waals surface area (Å²) in [6, 6.07) is 7.88. The Bertz CT molecular complexity index is 1460.